The number of hydrogen-bond donors (Lipinski definition) is 0. The molecule has 140 valence electrons. The van der Waals surface area contributed by atoms with Crippen LogP contribution in [-0.4, -0.2) is 23.6 Å². The Hall–Kier alpha value is -1.42. The molecule has 0 spiro atoms. The smallest absolute Gasteiger partial charge is 0.302 e. The molecule has 0 bridgehead atoms. The van der Waals surface area contributed by atoms with Crippen LogP contribution in [0, 0.1) is 28.6 Å². The lowest BCUT2D eigenvalue weighted by atomic mass is 9.48. The van der Waals surface area contributed by atoms with E-state index in [-0.39, 0.29) is 57.3 Å². The van der Waals surface area contributed by atoms with Gasteiger partial charge in [-0.3, -0.25) is 14.4 Å². The number of carbonyl (C=O) groups is 3. The highest BCUT2D eigenvalue weighted by Gasteiger charge is 2.61. The Bertz CT molecular complexity index is 766. The third-order valence-corrected chi connectivity index (χ3v) is 7.99. The molecule has 2 fully saturated rings. The van der Waals surface area contributed by atoms with Crippen LogP contribution in [0.2, 0.25) is 0 Å². The quantitative estimate of drug-likeness (QED) is 0.649. The van der Waals surface area contributed by atoms with Gasteiger partial charge in [0.15, 0.2) is 11.6 Å². The van der Waals surface area contributed by atoms with Crippen LogP contribution < -0.4 is 0 Å². The minimum Gasteiger partial charge on any atom is -0.462 e. The number of carbonyl (C=O) groups excluding carboxylic acids is 3. The molecule has 2 saturated carbocycles. The van der Waals surface area contributed by atoms with E-state index in [0.717, 1.165) is 31.3 Å². The van der Waals surface area contributed by atoms with Crippen LogP contribution in [-0.2, 0) is 19.1 Å². The maximum absolute atomic E-state index is 13.1. The Labute approximate surface area is 159 Å². The zero-order valence-electron chi connectivity index (χ0n) is 15.5. The SMILES string of the molecule is CC(=O)OC1CCC2C3C(=O)C=C4C=C(Cl)C(=O)CC4(C)C3CCC12C. The summed E-state index contributed by atoms with van der Waals surface area (Å²) in [5.74, 6) is 0.120. The Morgan fingerprint density at radius 2 is 1.88 bits per heavy atom. The van der Waals surface area contributed by atoms with Gasteiger partial charge >= 0.3 is 5.97 Å². The molecule has 0 N–H and O–H groups in total. The fraction of sp³-hybridized carbons (Fsp3) is 0.667. The third kappa shape index (κ3) is 2.37. The van der Waals surface area contributed by atoms with Gasteiger partial charge in [-0.05, 0) is 55.2 Å². The number of hydrogen-bond acceptors (Lipinski definition) is 4. The van der Waals surface area contributed by atoms with Crippen molar-refractivity contribution in [3.63, 3.8) is 0 Å². The lowest BCUT2D eigenvalue weighted by molar-refractivity contribution is -0.158. The molecule has 0 heterocycles. The molecule has 4 aliphatic rings. The first kappa shape index (κ1) is 18.0. The van der Waals surface area contributed by atoms with Gasteiger partial charge in [0.25, 0.3) is 0 Å². The summed E-state index contributed by atoms with van der Waals surface area (Å²) in [6, 6.07) is 0. The van der Waals surface area contributed by atoms with Gasteiger partial charge in [-0.15, -0.1) is 0 Å². The predicted octanol–water partition coefficient (Wildman–Crippen LogP) is 3.97. The zero-order chi connectivity index (χ0) is 18.9. The summed E-state index contributed by atoms with van der Waals surface area (Å²) in [6.45, 7) is 5.74. The Balaban J connectivity index is 1.73. The van der Waals surface area contributed by atoms with Crippen LogP contribution in [0.25, 0.3) is 0 Å². The molecule has 6 atom stereocenters. The highest BCUT2D eigenvalue weighted by Crippen LogP contribution is 2.64. The number of fused-ring (bicyclic) bond motifs is 5. The first-order chi connectivity index (χ1) is 12.2. The van der Waals surface area contributed by atoms with Crippen LogP contribution in [0.5, 0.6) is 0 Å². The van der Waals surface area contributed by atoms with Gasteiger partial charge in [-0.1, -0.05) is 25.4 Å². The molecular weight excluding hydrogens is 352 g/mol. The minimum atomic E-state index is -0.325. The van der Waals surface area contributed by atoms with Crippen molar-refractivity contribution in [3.05, 3.63) is 22.8 Å². The maximum atomic E-state index is 13.1. The first-order valence-electron chi connectivity index (χ1n) is 9.50. The fourth-order valence-electron chi connectivity index (χ4n) is 6.30. The van der Waals surface area contributed by atoms with Gasteiger partial charge in [0.05, 0.1) is 5.03 Å². The number of halogens is 1. The minimum absolute atomic E-state index is 0.0306. The lowest BCUT2D eigenvalue weighted by Crippen LogP contribution is -2.54. The van der Waals surface area contributed by atoms with Gasteiger partial charge in [0.2, 0.25) is 0 Å². The van der Waals surface area contributed by atoms with Gasteiger partial charge in [-0.2, -0.15) is 0 Å². The summed E-state index contributed by atoms with van der Waals surface area (Å²) in [6.07, 6.45) is 7.18. The second-order valence-electron chi connectivity index (χ2n) is 8.97. The van der Waals surface area contributed by atoms with E-state index in [1.807, 2.05) is 0 Å². The highest BCUT2D eigenvalue weighted by atomic mass is 35.5. The van der Waals surface area contributed by atoms with Crippen molar-refractivity contribution in [1.29, 1.82) is 0 Å². The molecule has 0 amide bonds. The van der Waals surface area contributed by atoms with Gasteiger partial charge in [0, 0.05) is 30.1 Å². The first-order valence-corrected chi connectivity index (χ1v) is 9.88. The van der Waals surface area contributed by atoms with Crippen molar-refractivity contribution >= 4 is 29.1 Å². The van der Waals surface area contributed by atoms with Crippen molar-refractivity contribution in [2.45, 2.75) is 59.0 Å². The maximum Gasteiger partial charge on any atom is 0.302 e. The average molecular weight is 377 g/mol. The zero-order valence-corrected chi connectivity index (χ0v) is 16.3. The normalized spacial score (nSPS) is 44.5. The second-order valence-corrected chi connectivity index (χ2v) is 9.38. The van der Waals surface area contributed by atoms with E-state index in [1.54, 1.807) is 12.2 Å². The van der Waals surface area contributed by atoms with E-state index in [1.165, 1.54) is 6.92 Å². The van der Waals surface area contributed by atoms with Crippen LogP contribution in [0.1, 0.15) is 52.9 Å². The van der Waals surface area contributed by atoms with Crippen LogP contribution >= 0.6 is 11.6 Å². The molecule has 4 rings (SSSR count). The molecule has 0 aromatic carbocycles. The predicted molar refractivity (Wildman–Crippen MR) is 97.4 cm³/mol. The van der Waals surface area contributed by atoms with E-state index in [4.69, 9.17) is 16.3 Å². The van der Waals surface area contributed by atoms with E-state index in [2.05, 4.69) is 13.8 Å². The molecule has 5 heteroatoms. The lowest BCUT2D eigenvalue weighted by Gasteiger charge is -2.55. The molecule has 0 aromatic heterocycles. The summed E-state index contributed by atoms with van der Waals surface area (Å²) >= 11 is 6.06. The van der Waals surface area contributed by atoms with Crippen molar-refractivity contribution in [1.82, 2.24) is 0 Å². The highest BCUT2D eigenvalue weighted by molar-refractivity contribution is 6.43. The van der Waals surface area contributed by atoms with Gasteiger partial charge < -0.3 is 4.74 Å². The summed E-state index contributed by atoms with van der Waals surface area (Å²) < 4.78 is 5.61. The average Bonchev–Trinajstić information content (AvgIpc) is 2.87. The number of Topliss-reactive ketones (excluding diaryl/α,β-unsaturated/α-hetero) is 1. The number of rotatable bonds is 1. The van der Waals surface area contributed by atoms with Gasteiger partial charge in [-0.25, -0.2) is 0 Å². The molecule has 26 heavy (non-hydrogen) atoms. The summed E-state index contributed by atoms with van der Waals surface area (Å²) in [4.78, 5) is 36.9. The third-order valence-electron chi connectivity index (χ3n) is 7.67. The molecule has 0 saturated heterocycles. The Morgan fingerprint density at radius 1 is 1.15 bits per heavy atom. The molecular formula is C21H25ClO4. The molecule has 0 aromatic rings. The Morgan fingerprint density at radius 3 is 2.58 bits per heavy atom. The van der Waals surface area contributed by atoms with Crippen LogP contribution in [0.4, 0.5) is 0 Å². The number of allylic oxidation sites excluding steroid dienone is 4. The van der Waals surface area contributed by atoms with E-state index < -0.39 is 0 Å². The number of ketones is 2. The second kappa shape index (κ2) is 5.79. The fourth-order valence-corrected chi connectivity index (χ4v) is 6.48. The number of ether oxygens (including phenoxy) is 1. The van der Waals surface area contributed by atoms with Crippen LogP contribution in [0.3, 0.4) is 0 Å². The molecule has 4 aliphatic carbocycles. The summed E-state index contributed by atoms with van der Waals surface area (Å²) in [5, 5.41) is 0.233. The van der Waals surface area contributed by atoms with Crippen molar-refractivity contribution < 1.29 is 19.1 Å². The van der Waals surface area contributed by atoms with Crippen molar-refractivity contribution in [2.24, 2.45) is 28.6 Å². The Kier molecular flexibility index (Phi) is 4.00. The number of esters is 1. The van der Waals surface area contributed by atoms with Crippen molar-refractivity contribution in [2.75, 3.05) is 0 Å². The van der Waals surface area contributed by atoms with Crippen molar-refractivity contribution in [3.8, 4) is 0 Å². The van der Waals surface area contributed by atoms with E-state index in [0.29, 0.717) is 6.42 Å². The molecule has 6 unspecified atom stereocenters. The monoisotopic (exact) mass is 376 g/mol. The van der Waals surface area contributed by atoms with E-state index >= 15 is 0 Å². The summed E-state index contributed by atoms with van der Waals surface area (Å²) in [5.41, 5.74) is 0.428. The topological polar surface area (TPSA) is 60.4 Å². The van der Waals surface area contributed by atoms with Gasteiger partial charge in [0.1, 0.15) is 6.10 Å². The largest absolute Gasteiger partial charge is 0.462 e. The summed E-state index contributed by atoms with van der Waals surface area (Å²) in [7, 11) is 0. The molecule has 4 nitrogen and oxygen atoms in total. The molecule has 0 radical (unpaired) electrons. The van der Waals surface area contributed by atoms with Crippen LogP contribution in [0.15, 0.2) is 22.8 Å². The van der Waals surface area contributed by atoms with E-state index in [9.17, 15) is 14.4 Å². The molecule has 0 aliphatic heterocycles. The standard InChI is InChI=1S/C21H25ClO4/c1-11(23)26-18-5-4-13-19-14(6-7-20(13,18)2)21(3)10-17(25)15(22)8-12(21)9-16(19)24/h8-9,13-14,18-19H,4-7,10H2,1-3H3.